The summed E-state index contributed by atoms with van der Waals surface area (Å²) < 4.78 is 0. The van der Waals surface area contributed by atoms with Gasteiger partial charge in [-0.2, -0.15) is 0 Å². The predicted molar refractivity (Wildman–Crippen MR) is 7.74 cm³/mol. The van der Waals surface area contributed by atoms with Crippen LogP contribution in [0.25, 0.3) is 0 Å². The second-order valence-corrected chi connectivity index (χ2v) is 0. The molecular weight excluding hydrogens is 178 g/mol. The molecule has 0 amide bonds. The first kappa shape index (κ1) is 185. The van der Waals surface area contributed by atoms with Gasteiger partial charge in [-0.15, -0.1) is 0 Å². The maximum absolute atomic E-state index is 0. The van der Waals surface area contributed by atoms with Gasteiger partial charge in [0.25, 0.3) is 0 Å². The molecule has 0 saturated heterocycles. The summed E-state index contributed by atoms with van der Waals surface area (Å²) in [6.45, 7) is 0. The molecule has 4 N–H and O–H groups in total. The Hall–Kier alpha value is 1.66. The molecular formula is H4CoLiO4Ti-. The monoisotopic (exact) mass is 182 g/mol. The molecule has 4 nitrogen and oxygen atoms in total. The summed E-state index contributed by atoms with van der Waals surface area (Å²) in [5, 5.41) is 0. The minimum Gasteiger partial charge on any atom is -0.870 e. The van der Waals surface area contributed by atoms with Crippen LogP contribution in [0.4, 0.5) is 0 Å². The van der Waals surface area contributed by atoms with Crippen LogP contribution < -0.4 is 18.9 Å². The summed E-state index contributed by atoms with van der Waals surface area (Å²) in [6.07, 6.45) is 0. The Bertz CT molecular complexity index is 11.7. The molecule has 43 valence electrons. The van der Waals surface area contributed by atoms with Crippen LogP contribution in [0.15, 0.2) is 0 Å². The first-order valence-corrected chi connectivity index (χ1v) is 0. The summed E-state index contributed by atoms with van der Waals surface area (Å²) in [6, 6.07) is 0. The molecule has 0 aliphatic carbocycles. The van der Waals surface area contributed by atoms with Gasteiger partial charge >= 0.3 is 35.6 Å². The Morgan fingerprint density at radius 1 is 0.571 bits per heavy atom. The van der Waals surface area contributed by atoms with E-state index in [1.165, 1.54) is 0 Å². The maximum atomic E-state index is 0. The van der Waals surface area contributed by atoms with Crippen molar-refractivity contribution < 1.29 is 79.3 Å². The van der Waals surface area contributed by atoms with E-state index in [9.17, 15) is 0 Å². The molecule has 0 aromatic carbocycles. The van der Waals surface area contributed by atoms with Crippen molar-refractivity contribution in [2.75, 3.05) is 0 Å². The van der Waals surface area contributed by atoms with Gasteiger partial charge in [-0.1, -0.05) is 0 Å². The van der Waals surface area contributed by atoms with Crippen LogP contribution in [0.1, 0.15) is 0 Å². The van der Waals surface area contributed by atoms with Crippen molar-refractivity contribution in [3.63, 3.8) is 0 Å². The Kier molecular flexibility index (Phi) is 3260. The van der Waals surface area contributed by atoms with Gasteiger partial charge in [-0.05, 0) is 0 Å². The molecule has 0 rings (SSSR count). The molecule has 0 fully saturated rings. The maximum Gasteiger partial charge on any atom is 2.00 e. The van der Waals surface area contributed by atoms with Crippen LogP contribution in [0.3, 0.4) is 0 Å². The molecule has 0 aliphatic rings. The number of hydrogen-bond acceptors (Lipinski definition) is 4. The van der Waals surface area contributed by atoms with Crippen molar-refractivity contribution in [2.45, 2.75) is 0 Å². The Morgan fingerprint density at radius 2 is 0.571 bits per heavy atom. The summed E-state index contributed by atoms with van der Waals surface area (Å²) in [5.41, 5.74) is 0. The van der Waals surface area contributed by atoms with Crippen LogP contribution in [0.2, 0.25) is 0 Å². The SMILES string of the molecule is [Co+2].[Li+].[OH-].[OH-].[OH-].[OH-].[Ti]. The van der Waals surface area contributed by atoms with Gasteiger partial charge in [0.1, 0.15) is 0 Å². The summed E-state index contributed by atoms with van der Waals surface area (Å²) in [4.78, 5) is 0. The van der Waals surface area contributed by atoms with Crippen molar-refractivity contribution in [1.29, 1.82) is 0 Å². The van der Waals surface area contributed by atoms with Crippen LogP contribution >= 0.6 is 0 Å². The molecule has 0 aromatic rings. The van der Waals surface area contributed by atoms with E-state index in [1.54, 1.807) is 0 Å². The molecule has 7 heteroatoms. The smallest absolute Gasteiger partial charge is 0.870 e. The van der Waals surface area contributed by atoms with Gasteiger partial charge in [-0.3, -0.25) is 0 Å². The Morgan fingerprint density at radius 3 is 0.571 bits per heavy atom. The second-order valence-electron chi connectivity index (χ2n) is 0. The minimum absolute atomic E-state index is 0. The summed E-state index contributed by atoms with van der Waals surface area (Å²) in [7, 11) is 0. The van der Waals surface area contributed by atoms with Crippen molar-refractivity contribution in [2.24, 2.45) is 0 Å². The molecule has 0 bridgehead atoms. The molecule has 0 aliphatic heterocycles. The first-order valence-electron chi connectivity index (χ1n) is 0. The van der Waals surface area contributed by atoms with Crippen LogP contribution in [0, 0.1) is 0 Å². The fourth-order valence-corrected chi connectivity index (χ4v) is 0. The molecule has 0 unspecified atom stereocenters. The second kappa shape index (κ2) is 123. The third-order valence-corrected chi connectivity index (χ3v) is 0. The van der Waals surface area contributed by atoms with E-state index in [-0.39, 0.29) is 79.3 Å². The molecule has 0 spiro atoms. The largest absolute Gasteiger partial charge is 2.00 e. The van der Waals surface area contributed by atoms with E-state index in [1.807, 2.05) is 0 Å². The van der Waals surface area contributed by atoms with E-state index in [0.717, 1.165) is 0 Å². The predicted octanol–water partition coefficient (Wildman–Crippen LogP) is -3.71. The van der Waals surface area contributed by atoms with Crippen LogP contribution in [0.5, 0.6) is 0 Å². The topological polar surface area (TPSA) is 120 Å². The number of rotatable bonds is 0. The van der Waals surface area contributed by atoms with Crippen LogP contribution in [-0.2, 0) is 38.5 Å². The van der Waals surface area contributed by atoms with E-state index in [0.29, 0.717) is 0 Å². The fourth-order valence-electron chi connectivity index (χ4n) is 0. The van der Waals surface area contributed by atoms with E-state index in [2.05, 4.69) is 0 Å². The van der Waals surface area contributed by atoms with Gasteiger partial charge in [0.2, 0.25) is 0 Å². The van der Waals surface area contributed by atoms with Crippen molar-refractivity contribution in [1.82, 2.24) is 0 Å². The van der Waals surface area contributed by atoms with Gasteiger partial charge < -0.3 is 21.9 Å². The van der Waals surface area contributed by atoms with Crippen LogP contribution in [-0.4, -0.2) is 21.9 Å². The standard InChI is InChI=1S/Co.Li.4H2O.Ti/h;;4*1H2;/q+2;+1;;;;;/p-4. The Balaban J connectivity index is 0. The van der Waals surface area contributed by atoms with Crippen molar-refractivity contribution >= 4 is 0 Å². The zero-order chi connectivity index (χ0) is 0. The summed E-state index contributed by atoms with van der Waals surface area (Å²) >= 11 is 0. The number of hydrogen-bond donors (Lipinski definition) is 0. The van der Waals surface area contributed by atoms with Crippen molar-refractivity contribution in [3.8, 4) is 0 Å². The molecule has 0 aromatic heterocycles. The molecule has 0 heterocycles. The molecule has 0 atom stereocenters. The fraction of sp³-hybridized carbons (Fsp3) is 0. The van der Waals surface area contributed by atoms with Gasteiger partial charge in [0.15, 0.2) is 0 Å². The van der Waals surface area contributed by atoms with E-state index >= 15 is 0 Å². The van der Waals surface area contributed by atoms with E-state index in [4.69, 9.17) is 0 Å². The molecule has 7 heavy (non-hydrogen) atoms. The van der Waals surface area contributed by atoms with Gasteiger partial charge in [-0.25, -0.2) is 0 Å². The van der Waals surface area contributed by atoms with Gasteiger partial charge in [0.05, 0.1) is 0 Å². The minimum atomic E-state index is 0. The average Bonchev–Trinajstić information content (AvgIpc) is 0. The third kappa shape index (κ3) is 89.2. The zero-order valence-electron chi connectivity index (χ0n) is 3.62. The average molecular weight is 182 g/mol. The van der Waals surface area contributed by atoms with Crippen molar-refractivity contribution in [3.05, 3.63) is 0 Å². The molecule has 1 radical (unpaired) electrons. The van der Waals surface area contributed by atoms with Gasteiger partial charge in [0, 0.05) is 21.7 Å². The summed E-state index contributed by atoms with van der Waals surface area (Å²) in [5.74, 6) is 0. The quantitative estimate of drug-likeness (QED) is 0.357. The third-order valence-electron chi connectivity index (χ3n) is 0. The molecule has 0 saturated carbocycles. The Labute approximate surface area is 78.9 Å². The normalized spacial score (nSPS) is 0. The first-order chi connectivity index (χ1) is 0. The van der Waals surface area contributed by atoms with E-state index < -0.39 is 0 Å². The zero-order valence-corrected chi connectivity index (χ0v) is 6.22.